The third kappa shape index (κ3) is 4.90. The van der Waals surface area contributed by atoms with Crippen LogP contribution in [0.2, 0.25) is 0 Å². The Balaban J connectivity index is 0.00000261. The maximum Gasteiger partial charge on any atom is 0.404 e. The second-order valence-corrected chi connectivity index (χ2v) is 10.0. The van der Waals surface area contributed by atoms with Crippen molar-refractivity contribution in [2.24, 2.45) is 0 Å². The number of hydrogen-bond acceptors (Lipinski definition) is 2. The SMILES string of the molecule is CC(C[P+](c1ccccc1)(c1ccccc1)c1ccccc1)OC(=O)Cl.[Cl-]. The maximum absolute atomic E-state index is 11.3. The third-order valence-corrected chi connectivity index (χ3v) is 9.11. The zero-order valence-electron chi connectivity index (χ0n) is 15.0. The smallest absolute Gasteiger partial charge is 0.404 e. The molecule has 0 aliphatic heterocycles. The first-order valence-electron chi connectivity index (χ1n) is 8.54. The molecule has 5 heteroatoms. The van der Waals surface area contributed by atoms with Crippen LogP contribution in [0.1, 0.15) is 6.92 Å². The van der Waals surface area contributed by atoms with Crippen LogP contribution in [0.4, 0.5) is 4.79 Å². The Morgan fingerprint density at radius 3 is 1.44 bits per heavy atom. The van der Waals surface area contributed by atoms with Crippen LogP contribution in [0.3, 0.4) is 0 Å². The Morgan fingerprint density at radius 2 is 1.15 bits per heavy atom. The Bertz CT molecular complexity index is 745. The normalized spacial score (nSPS) is 11.9. The summed E-state index contributed by atoms with van der Waals surface area (Å²) in [7, 11) is -2.00. The van der Waals surface area contributed by atoms with E-state index >= 15 is 0 Å². The van der Waals surface area contributed by atoms with E-state index in [2.05, 4.69) is 72.8 Å². The summed E-state index contributed by atoms with van der Waals surface area (Å²) in [5.74, 6) is 0. The van der Waals surface area contributed by atoms with Crippen LogP contribution in [0.15, 0.2) is 91.0 Å². The first-order valence-corrected chi connectivity index (χ1v) is 10.9. The van der Waals surface area contributed by atoms with Gasteiger partial charge in [0.25, 0.3) is 0 Å². The van der Waals surface area contributed by atoms with Crippen molar-refractivity contribution in [3.63, 3.8) is 0 Å². The maximum atomic E-state index is 11.3. The quantitative estimate of drug-likeness (QED) is 0.450. The van der Waals surface area contributed by atoms with Gasteiger partial charge in [-0.2, -0.15) is 0 Å². The molecule has 0 spiro atoms. The van der Waals surface area contributed by atoms with Gasteiger partial charge in [-0.15, -0.1) is 0 Å². The van der Waals surface area contributed by atoms with Gasteiger partial charge in [0.15, 0.2) is 0 Å². The molecule has 3 aromatic carbocycles. The molecule has 0 aliphatic carbocycles. The summed E-state index contributed by atoms with van der Waals surface area (Å²) in [5.41, 5.74) is -0.759. The van der Waals surface area contributed by atoms with E-state index in [0.29, 0.717) is 6.16 Å². The van der Waals surface area contributed by atoms with Crippen LogP contribution in [0.5, 0.6) is 0 Å². The van der Waals surface area contributed by atoms with E-state index in [1.165, 1.54) is 15.9 Å². The van der Waals surface area contributed by atoms with Crippen LogP contribution in [-0.4, -0.2) is 17.7 Å². The average Bonchev–Trinajstić information content (AvgIpc) is 2.67. The average molecular weight is 419 g/mol. The largest absolute Gasteiger partial charge is 1.00 e. The summed E-state index contributed by atoms with van der Waals surface area (Å²) in [6.07, 6.45) is 0.401. The van der Waals surface area contributed by atoms with E-state index in [4.69, 9.17) is 16.3 Å². The standard InChI is InChI=1S/C22H21ClO2P.ClH/c1-18(25-22(23)24)17-26(19-11-5-2-6-12-19,20-13-7-3-8-14-20)21-15-9-4-10-16-21;/h2-16,18H,17H2,1H3;1H/q+1;/p-1. The van der Waals surface area contributed by atoms with E-state index < -0.39 is 12.7 Å². The topological polar surface area (TPSA) is 26.3 Å². The highest BCUT2D eigenvalue weighted by Crippen LogP contribution is 2.55. The lowest BCUT2D eigenvalue weighted by Crippen LogP contribution is -3.00. The van der Waals surface area contributed by atoms with Gasteiger partial charge in [0.2, 0.25) is 0 Å². The fourth-order valence-corrected chi connectivity index (χ4v) is 7.96. The van der Waals surface area contributed by atoms with Crippen molar-refractivity contribution < 1.29 is 21.9 Å². The molecule has 140 valence electrons. The molecule has 0 fully saturated rings. The highest BCUT2D eigenvalue weighted by atomic mass is 35.5. The number of halogens is 2. The number of benzene rings is 3. The summed E-state index contributed by atoms with van der Waals surface area (Å²) in [4.78, 5) is 11.3. The molecule has 0 bridgehead atoms. The van der Waals surface area contributed by atoms with Crippen molar-refractivity contribution in [3.05, 3.63) is 91.0 Å². The van der Waals surface area contributed by atoms with E-state index in [0.717, 1.165) is 0 Å². The van der Waals surface area contributed by atoms with Gasteiger partial charge in [-0.3, -0.25) is 0 Å². The molecule has 0 heterocycles. The van der Waals surface area contributed by atoms with E-state index in [9.17, 15) is 4.79 Å². The van der Waals surface area contributed by atoms with Crippen molar-refractivity contribution in [3.8, 4) is 0 Å². The minimum atomic E-state index is -2.00. The fourth-order valence-electron chi connectivity index (χ4n) is 3.39. The van der Waals surface area contributed by atoms with Gasteiger partial charge in [-0.1, -0.05) is 54.6 Å². The molecule has 0 amide bonds. The monoisotopic (exact) mass is 418 g/mol. The summed E-state index contributed by atoms with van der Waals surface area (Å²) >= 11 is 5.49. The summed E-state index contributed by atoms with van der Waals surface area (Å²) < 4.78 is 5.32. The van der Waals surface area contributed by atoms with E-state index in [1.807, 2.05) is 25.1 Å². The van der Waals surface area contributed by atoms with Gasteiger partial charge in [0.05, 0.1) is 0 Å². The molecule has 0 radical (unpaired) electrons. The molecule has 0 aliphatic rings. The number of carbonyl (C=O) groups is 1. The Morgan fingerprint density at radius 1 is 0.815 bits per heavy atom. The molecule has 3 rings (SSSR count). The highest BCUT2D eigenvalue weighted by molar-refractivity contribution is 7.95. The number of ether oxygens (including phenoxy) is 1. The fraction of sp³-hybridized carbons (Fsp3) is 0.136. The molecule has 2 nitrogen and oxygen atoms in total. The molecule has 27 heavy (non-hydrogen) atoms. The van der Waals surface area contributed by atoms with Crippen molar-refractivity contribution in [1.29, 1.82) is 0 Å². The molecular formula is C22H21Cl2O2P. The Kier molecular flexibility index (Phi) is 7.86. The van der Waals surface area contributed by atoms with Gasteiger partial charge in [0, 0.05) is 11.6 Å². The molecule has 1 atom stereocenters. The minimum absolute atomic E-state index is 0. The summed E-state index contributed by atoms with van der Waals surface area (Å²) in [6, 6.07) is 31.5. The predicted molar refractivity (Wildman–Crippen MR) is 112 cm³/mol. The van der Waals surface area contributed by atoms with Crippen LogP contribution in [0, 0.1) is 0 Å². The van der Waals surface area contributed by atoms with Gasteiger partial charge < -0.3 is 17.1 Å². The Labute approximate surface area is 172 Å². The lowest BCUT2D eigenvalue weighted by molar-refractivity contribution is -0.0000118. The summed E-state index contributed by atoms with van der Waals surface area (Å²) in [5, 5.41) is 3.78. The van der Waals surface area contributed by atoms with Gasteiger partial charge in [-0.05, 0) is 43.3 Å². The molecule has 0 saturated carbocycles. The zero-order valence-corrected chi connectivity index (χ0v) is 17.4. The molecule has 3 aromatic rings. The second-order valence-electron chi connectivity index (χ2n) is 6.17. The number of hydrogen-bond donors (Lipinski definition) is 0. The predicted octanol–water partition coefficient (Wildman–Crippen LogP) is 1.75. The van der Waals surface area contributed by atoms with E-state index in [-0.39, 0.29) is 18.5 Å². The lowest BCUT2D eigenvalue weighted by Gasteiger charge is -2.29. The highest BCUT2D eigenvalue weighted by Gasteiger charge is 2.47. The summed E-state index contributed by atoms with van der Waals surface area (Å²) in [6.45, 7) is 1.91. The van der Waals surface area contributed by atoms with Crippen molar-refractivity contribution >= 4 is 40.2 Å². The number of rotatable bonds is 6. The third-order valence-electron chi connectivity index (χ3n) is 4.42. The molecule has 0 aromatic heterocycles. The van der Waals surface area contributed by atoms with E-state index in [1.54, 1.807) is 0 Å². The first kappa shape index (κ1) is 21.4. The number of carbonyl (C=O) groups excluding carboxylic acids is 1. The van der Waals surface area contributed by atoms with Gasteiger partial charge >= 0.3 is 5.43 Å². The van der Waals surface area contributed by atoms with Crippen molar-refractivity contribution in [2.45, 2.75) is 13.0 Å². The van der Waals surface area contributed by atoms with Gasteiger partial charge in [-0.25, -0.2) is 4.79 Å². The molecular weight excluding hydrogens is 398 g/mol. The molecule has 0 N–H and O–H groups in total. The van der Waals surface area contributed by atoms with Crippen LogP contribution >= 0.6 is 18.9 Å². The van der Waals surface area contributed by atoms with Crippen LogP contribution in [-0.2, 0) is 4.74 Å². The van der Waals surface area contributed by atoms with Crippen LogP contribution in [0.25, 0.3) is 0 Å². The van der Waals surface area contributed by atoms with Crippen molar-refractivity contribution in [1.82, 2.24) is 0 Å². The van der Waals surface area contributed by atoms with Crippen LogP contribution < -0.4 is 28.3 Å². The lowest BCUT2D eigenvalue weighted by atomic mass is 10.3. The van der Waals surface area contributed by atoms with Crippen molar-refractivity contribution in [2.75, 3.05) is 6.16 Å². The zero-order chi connectivity index (χ0) is 18.4. The second kappa shape index (κ2) is 9.90. The molecule has 1 unspecified atom stereocenters. The first-order chi connectivity index (χ1) is 12.6. The minimum Gasteiger partial charge on any atom is -1.00 e. The Hall–Kier alpha value is -1.86. The molecule has 0 saturated heterocycles. The van der Waals surface area contributed by atoms with Gasteiger partial charge in [0.1, 0.15) is 35.4 Å².